The van der Waals surface area contributed by atoms with Crippen LogP contribution in [0.5, 0.6) is 0 Å². The average Bonchev–Trinajstić information content (AvgIpc) is 3.21. The average molecular weight is 425 g/mol. The first-order valence-electron chi connectivity index (χ1n) is 10.1. The largest absolute Gasteiger partial charge is 0.334 e. The number of carbonyl (C=O) groups excluding carboxylic acids is 1. The molecule has 0 radical (unpaired) electrons. The van der Waals surface area contributed by atoms with Gasteiger partial charge in [-0.1, -0.05) is 29.8 Å². The van der Waals surface area contributed by atoms with E-state index in [9.17, 15) is 4.79 Å². The van der Waals surface area contributed by atoms with Gasteiger partial charge < -0.3 is 10.2 Å². The Hall–Kier alpha value is -2.90. The summed E-state index contributed by atoms with van der Waals surface area (Å²) in [4.78, 5) is 21.3. The van der Waals surface area contributed by atoms with Crippen LogP contribution in [-0.4, -0.2) is 56.8 Å². The summed E-state index contributed by atoms with van der Waals surface area (Å²) in [6, 6.07) is 13.6. The molecular formula is C22H25ClN6O. The van der Waals surface area contributed by atoms with Crippen LogP contribution < -0.4 is 5.32 Å². The fourth-order valence-electron chi connectivity index (χ4n) is 3.53. The van der Waals surface area contributed by atoms with Crippen LogP contribution in [0, 0.1) is 0 Å². The van der Waals surface area contributed by atoms with Gasteiger partial charge in [0.1, 0.15) is 0 Å². The lowest BCUT2D eigenvalue weighted by Gasteiger charge is -2.22. The molecule has 0 saturated carbocycles. The summed E-state index contributed by atoms with van der Waals surface area (Å²) in [5.41, 5.74) is 2.20. The predicted molar refractivity (Wildman–Crippen MR) is 117 cm³/mol. The van der Waals surface area contributed by atoms with Gasteiger partial charge in [0.15, 0.2) is 5.82 Å². The van der Waals surface area contributed by atoms with Crippen LogP contribution in [-0.2, 0) is 13.1 Å². The minimum absolute atomic E-state index is 0.0282. The molecule has 3 heterocycles. The summed E-state index contributed by atoms with van der Waals surface area (Å²) < 4.78 is 1.70. The van der Waals surface area contributed by atoms with Crippen LogP contribution in [0.4, 0.5) is 4.79 Å². The monoisotopic (exact) mass is 424 g/mol. The maximum Gasteiger partial charge on any atom is 0.317 e. The number of urea groups is 1. The number of benzene rings is 1. The molecule has 3 aromatic rings. The van der Waals surface area contributed by atoms with E-state index in [1.807, 2.05) is 41.4 Å². The third kappa shape index (κ3) is 5.37. The normalized spacial score (nSPS) is 15.0. The molecule has 4 rings (SSSR count). The molecule has 1 aromatic carbocycles. The first-order chi connectivity index (χ1) is 14.7. The highest BCUT2D eigenvalue weighted by molar-refractivity contribution is 6.30. The molecule has 8 heteroatoms. The molecule has 7 nitrogen and oxygen atoms in total. The molecule has 2 aromatic heterocycles. The summed E-state index contributed by atoms with van der Waals surface area (Å²) in [7, 11) is 0. The molecule has 30 heavy (non-hydrogen) atoms. The van der Waals surface area contributed by atoms with Crippen molar-refractivity contribution in [3.05, 3.63) is 77.2 Å². The smallest absolute Gasteiger partial charge is 0.317 e. The molecule has 2 amide bonds. The second-order valence-corrected chi connectivity index (χ2v) is 7.81. The van der Waals surface area contributed by atoms with Crippen LogP contribution >= 0.6 is 11.6 Å². The van der Waals surface area contributed by atoms with Crippen molar-refractivity contribution < 1.29 is 4.79 Å². The van der Waals surface area contributed by atoms with Gasteiger partial charge in [-0.05, 0) is 41.8 Å². The number of halogens is 1. The molecule has 0 unspecified atom stereocenters. The number of pyridine rings is 1. The fourth-order valence-corrected chi connectivity index (χ4v) is 3.66. The number of amides is 2. The van der Waals surface area contributed by atoms with E-state index in [-0.39, 0.29) is 6.03 Å². The van der Waals surface area contributed by atoms with E-state index in [2.05, 4.69) is 32.4 Å². The Morgan fingerprint density at radius 2 is 1.87 bits per heavy atom. The molecule has 1 aliphatic rings. The Bertz CT molecular complexity index is 943. The molecule has 156 valence electrons. The van der Waals surface area contributed by atoms with Gasteiger partial charge in [0, 0.05) is 62.9 Å². The van der Waals surface area contributed by atoms with Gasteiger partial charge in [-0.25, -0.2) is 14.5 Å². The van der Waals surface area contributed by atoms with Gasteiger partial charge in [-0.3, -0.25) is 4.90 Å². The van der Waals surface area contributed by atoms with Crippen LogP contribution in [0.3, 0.4) is 0 Å². The van der Waals surface area contributed by atoms with Crippen molar-refractivity contribution in [2.75, 3.05) is 26.2 Å². The van der Waals surface area contributed by atoms with Crippen LogP contribution in [0.1, 0.15) is 17.5 Å². The minimum Gasteiger partial charge on any atom is -0.334 e. The highest BCUT2D eigenvalue weighted by Gasteiger charge is 2.19. The van der Waals surface area contributed by atoms with Crippen molar-refractivity contribution >= 4 is 17.6 Å². The molecule has 0 bridgehead atoms. The first kappa shape index (κ1) is 20.4. The maximum absolute atomic E-state index is 12.6. The summed E-state index contributed by atoms with van der Waals surface area (Å²) in [5.74, 6) is 0.753. The summed E-state index contributed by atoms with van der Waals surface area (Å²) in [5, 5.41) is 7.93. The lowest BCUT2D eigenvalue weighted by atomic mass is 10.2. The van der Waals surface area contributed by atoms with E-state index in [4.69, 9.17) is 11.6 Å². The van der Waals surface area contributed by atoms with Crippen molar-refractivity contribution in [2.45, 2.75) is 19.5 Å². The molecule has 0 spiro atoms. The zero-order valence-corrected chi connectivity index (χ0v) is 17.5. The number of hydrogen-bond donors (Lipinski definition) is 1. The third-order valence-electron chi connectivity index (χ3n) is 5.19. The molecule has 1 N–H and O–H groups in total. The lowest BCUT2D eigenvalue weighted by Crippen LogP contribution is -2.41. The Balaban J connectivity index is 1.25. The molecule has 1 aliphatic heterocycles. The van der Waals surface area contributed by atoms with E-state index in [1.54, 1.807) is 17.1 Å². The van der Waals surface area contributed by atoms with Crippen molar-refractivity contribution in [3.8, 4) is 5.82 Å². The van der Waals surface area contributed by atoms with E-state index in [0.29, 0.717) is 6.54 Å². The van der Waals surface area contributed by atoms with Crippen molar-refractivity contribution in [1.82, 2.24) is 29.9 Å². The zero-order valence-electron chi connectivity index (χ0n) is 16.7. The first-order valence-corrected chi connectivity index (χ1v) is 10.5. The Labute approximate surface area is 181 Å². The summed E-state index contributed by atoms with van der Waals surface area (Å²) >= 11 is 5.97. The van der Waals surface area contributed by atoms with Gasteiger partial charge in [0.25, 0.3) is 0 Å². The number of carbonyl (C=O) groups is 1. The van der Waals surface area contributed by atoms with Gasteiger partial charge in [-0.2, -0.15) is 5.10 Å². The second-order valence-electron chi connectivity index (χ2n) is 7.38. The van der Waals surface area contributed by atoms with Gasteiger partial charge in [0.2, 0.25) is 0 Å². The molecule has 0 aliphatic carbocycles. The minimum atomic E-state index is -0.0282. The molecule has 0 atom stereocenters. The predicted octanol–water partition coefficient (Wildman–Crippen LogP) is 3.34. The number of hydrogen-bond acceptors (Lipinski definition) is 4. The van der Waals surface area contributed by atoms with Crippen molar-refractivity contribution in [1.29, 1.82) is 0 Å². The van der Waals surface area contributed by atoms with Gasteiger partial charge >= 0.3 is 6.03 Å². The molecule has 1 fully saturated rings. The SMILES string of the molecule is O=C(NCc1ccc(-n2cccn2)nc1)N1CCCN(Cc2ccc(Cl)cc2)CC1. The topological polar surface area (TPSA) is 66.3 Å². The zero-order chi connectivity index (χ0) is 20.8. The summed E-state index contributed by atoms with van der Waals surface area (Å²) in [6.45, 7) is 4.65. The van der Waals surface area contributed by atoms with Crippen LogP contribution in [0.15, 0.2) is 61.1 Å². The van der Waals surface area contributed by atoms with E-state index < -0.39 is 0 Å². The van der Waals surface area contributed by atoms with Gasteiger partial charge in [-0.15, -0.1) is 0 Å². The van der Waals surface area contributed by atoms with Crippen LogP contribution in [0.2, 0.25) is 5.02 Å². The Morgan fingerprint density at radius 3 is 2.60 bits per heavy atom. The molecular weight excluding hydrogens is 400 g/mol. The highest BCUT2D eigenvalue weighted by atomic mass is 35.5. The molecule has 1 saturated heterocycles. The quantitative estimate of drug-likeness (QED) is 0.682. The maximum atomic E-state index is 12.6. The van der Waals surface area contributed by atoms with Gasteiger partial charge in [0.05, 0.1) is 0 Å². The number of aromatic nitrogens is 3. The van der Waals surface area contributed by atoms with E-state index in [1.165, 1.54) is 5.56 Å². The Morgan fingerprint density at radius 1 is 1.03 bits per heavy atom. The number of nitrogens with zero attached hydrogens (tertiary/aromatic N) is 5. The highest BCUT2D eigenvalue weighted by Crippen LogP contribution is 2.13. The Kier molecular flexibility index (Phi) is 6.61. The number of nitrogens with one attached hydrogen (secondary N) is 1. The van der Waals surface area contributed by atoms with Crippen molar-refractivity contribution in [2.24, 2.45) is 0 Å². The van der Waals surface area contributed by atoms with Crippen LogP contribution in [0.25, 0.3) is 5.82 Å². The number of rotatable bonds is 5. The van der Waals surface area contributed by atoms with E-state index >= 15 is 0 Å². The third-order valence-corrected chi connectivity index (χ3v) is 5.44. The lowest BCUT2D eigenvalue weighted by molar-refractivity contribution is 0.197. The second kappa shape index (κ2) is 9.73. The van der Waals surface area contributed by atoms with E-state index in [0.717, 1.165) is 55.5 Å². The van der Waals surface area contributed by atoms with Crippen molar-refractivity contribution in [3.63, 3.8) is 0 Å². The summed E-state index contributed by atoms with van der Waals surface area (Å²) in [6.07, 6.45) is 6.29. The standard InChI is InChI=1S/C22H25ClN6O/c23-20-6-3-18(4-7-20)17-27-10-2-11-28(14-13-27)22(30)25-16-19-5-8-21(24-15-19)29-12-1-9-26-29/h1,3-9,12,15H,2,10-11,13-14,16-17H2,(H,25,30). The fraction of sp³-hybridized carbons (Fsp3) is 0.318.